The molecule has 0 aliphatic rings. The topological polar surface area (TPSA) is 139 Å². The summed E-state index contributed by atoms with van der Waals surface area (Å²) in [5.41, 5.74) is 5.31. The van der Waals surface area contributed by atoms with E-state index in [4.69, 9.17) is 4.42 Å². The molecule has 0 aliphatic carbocycles. The molecule has 1 amide bonds. The third kappa shape index (κ3) is 4.51. The van der Waals surface area contributed by atoms with E-state index in [0.717, 1.165) is 5.56 Å². The van der Waals surface area contributed by atoms with Gasteiger partial charge in [0.15, 0.2) is 5.76 Å². The Balaban J connectivity index is 1.71. The number of rotatable bonds is 8. The van der Waals surface area contributed by atoms with Crippen molar-refractivity contribution in [3.63, 3.8) is 0 Å². The maximum absolute atomic E-state index is 12.1. The fourth-order valence-corrected chi connectivity index (χ4v) is 2.96. The maximum Gasteiger partial charge on any atom is 0.355 e. The van der Waals surface area contributed by atoms with Gasteiger partial charge < -0.3 is 9.32 Å². The zero-order chi connectivity index (χ0) is 22.3. The van der Waals surface area contributed by atoms with Crippen LogP contribution < -0.4 is 15.8 Å². The smallest absolute Gasteiger partial charge is 0.355 e. The van der Waals surface area contributed by atoms with Crippen molar-refractivity contribution in [3.05, 3.63) is 101 Å². The largest absolute Gasteiger partial charge is 0.459 e. The van der Waals surface area contributed by atoms with E-state index in [1.165, 1.54) is 18.7 Å². The fourth-order valence-electron chi connectivity index (χ4n) is 2.96. The molecule has 0 fully saturated rings. The Morgan fingerprint density at radius 3 is 2.53 bits per heavy atom. The minimum atomic E-state index is -0.615. The second-order valence-corrected chi connectivity index (χ2v) is 6.47. The van der Waals surface area contributed by atoms with E-state index < -0.39 is 16.5 Å². The minimum absolute atomic E-state index is 0.0160. The van der Waals surface area contributed by atoms with Gasteiger partial charge >= 0.3 is 11.6 Å². The summed E-state index contributed by atoms with van der Waals surface area (Å²) >= 11 is 0. The number of hydrazine groups is 1. The van der Waals surface area contributed by atoms with Gasteiger partial charge in [0.05, 0.1) is 17.7 Å². The van der Waals surface area contributed by atoms with Gasteiger partial charge in [-0.1, -0.05) is 36.4 Å². The van der Waals surface area contributed by atoms with Crippen LogP contribution in [-0.2, 0) is 6.54 Å². The lowest BCUT2D eigenvalue weighted by Crippen LogP contribution is -2.30. The molecule has 0 saturated carbocycles. The number of amides is 1. The summed E-state index contributed by atoms with van der Waals surface area (Å²) in [4.78, 5) is 37.6. The second-order valence-electron chi connectivity index (χ2n) is 6.47. The lowest BCUT2D eigenvalue weighted by Gasteiger charge is -2.23. The summed E-state index contributed by atoms with van der Waals surface area (Å²) in [5.74, 6) is -0.288. The average Bonchev–Trinajstić information content (AvgIpc) is 3.37. The van der Waals surface area contributed by atoms with Crippen LogP contribution in [0.1, 0.15) is 16.1 Å². The maximum atomic E-state index is 12.1. The van der Waals surface area contributed by atoms with Crippen LogP contribution >= 0.6 is 0 Å². The molecule has 11 heteroatoms. The van der Waals surface area contributed by atoms with Crippen molar-refractivity contribution in [2.24, 2.45) is 0 Å². The SMILES string of the molecule is O=C(NNc1ncnc(N(Cc2ccccc2)c2ccccn2)c1[N+](=O)[O-])c1ccco1. The van der Waals surface area contributed by atoms with Crippen LogP contribution in [0, 0.1) is 10.1 Å². The Morgan fingerprint density at radius 1 is 1.03 bits per heavy atom. The number of nitro groups is 1. The molecule has 3 heterocycles. The highest BCUT2D eigenvalue weighted by molar-refractivity contribution is 5.92. The van der Waals surface area contributed by atoms with Gasteiger partial charge in [0.2, 0.25) is 11.6 Å². The normalized spacial score (nSPS) is 10.4. The van der Waals surface area contributed by atoms with E-state index >= 15 is 0 Å². The van der Waals surface area contributed by atoms with Gasteiger partial charge in [-0.15, -0.1) is 0 Å². The number of hydrogen-bond acceptors (Lipinski definition) is 9. The summed E-state index contributed by atoms with van der Waals surface area (Å²) in [7, 11) is 0. The van der Waals surface area contributed by atoms with Gasteiger partial charge in [0.25, 0.3) is 0 Å². The van der Waals surface area contributed by atoms with Crippen molar-refractivity contribution in [2.45, 2.75) is 6.54 Å². The van der Waals surface area contributed by atoms with Gasteiger partial charge in [-0.3, -0.25) is 25.8 Å². The Bertz CT molecular complexity index is 1200. The number of hydrogen-bond donors (Lipinski definition) is 2. The molecule has 0 saturated heterocycles. The first kappa shape index (κ1) is 20.5. The number of furan rings is 1. The number of carbonyl (C=O) groups is 1. The molecule has 0 radical (unpaired) electrons. The quantitative estimate of drug-likeness (QED) is 0.317. The zero-order valence-corrected chi connectivity index (χ0v) is 16.6. The van der Waals surface area contributed by atoms with Crippen LogP contribution in [0.2, 0.25) is 0 Å². The predicted molar refractivity (Wildman–Crippen MR) is 115 cm³/mol. The number of nitrogens with one attached hydrogen (secondary N) is 2. The standard InChI is InChI=1S/C21H17N7O4/c29-21(16-9-6-12-32-16)26-25-19-18(28(30)31)20(24-14-23-19)27(17-10-4-5-11-22-17)13-15-7-2-1-3-8-15/h1-12,14H,13H2,(H,26,29)(H,23,24,25). The molecular formula is C21H17N7O4. The van der Waals surface area contributed by atoms with Gasteiger partial charge in [-0.05, 0) is 29.8 Å². The number of benzene rings is 1. The lowest BCUT2D eigenvalue weighted by molar-refractivity contribution is -0.383. The van der Waals surface area contributed by atoms with Gasteiger partial charge in [0.1, 0.15) is 12.1 Å². The van der Waals surface area contributed by atoms with Crippen molar-refractivity contribution in [2.75, 3.05) is 10.3 Å². The van der Waals surface area contributed by atoms with Crippen molar-refractivity contribution < 1.29 is 14.1 Å². The van der Waals surface area contributed by atoms with E-state index in [1.54, 1.807) is 35.4 Å². The van der Waals surface area contributed by atoms with E-state index in [9.17, 15) is 14.9 Å². The predicted octanol–water partition coefficient (Wildman–Crippen LogP) is 3.47. The Labute approximate surface area is 181 Å². The minimum Gasteiger partial charge on any atom is -0.459 e. The first-order valence-electron chi connectivity index (χ1n) is 9.45. The van der Waals surface area contributed by atoms with E-state index in [0.29, 0.717) is 5.82 Å². The molecule has 0 atom stereocenters. The zero-order valence-electron chi connectivity index (χ0n) is 16.6. The third-order valence-electron chi connectivity index (χ3n) is 4.39. The highest BCUT2D eigenvalue weighted by atomic mass is 16.6. The summed E-state index contributed by atoms with van der Waals surface area (Å²) in [6.07, 6.45) is 4.10. The van der Waals surface area contributed by atoms with Gasteiger partial charge in [0, 0.05) is 6.20 Å². The van der Waals surface area contributed by atoms with Crippen LogP contribution in [0.4, 0.5) is 23.1 Å². The lowest BCUT2D eigenvalue weighted by atomic mass is 10.2. The molecule has 0 unspecified atom stereocenters. The van der Waals surface area contributed by atoms with Crippen molar-refractivity contribution >= 4 is 29.0 Å². The van der Waals surface area contributed by atoms with Gasteiger partial charge in [-0.2, -0.15) is 0 Å². The number of carbonyl (C=O) groups excluding carboxylic acids is 1. The van der Waals surface area contributed by atoms with E-state index in [1.807, 2.05) is 30.3 Å². The van der Waals surface area contributed by atoms with Crippen LogP contribution in [0.3, 0.4) is 0 Å². The molecule has 0 bridgehead atoms. The Hall–Kier alpha value is -4.80. The van der Waals surface area contributed by atoms with E-state index in [2.05, 4.69) is 25.8 Å². The average molecular weight is 431 g/mol. The molecule has 160 valence electrons. The van der Waals surface area contributed by atoms with Crippen molar-refractivity contribution in [3.8, 4) is 0 Å². The number of aromatic nitrogens is 3. The first-order chi connectivity index (χ1) is 15.6. The van der Waals surface area contributed by atoms with Crippen LogP contribution in [0.25, 0.3) is 0 Å². The van der Waals surface area contributed by atoms with Crippen molar-refractivity contribution in [1.29, 1.82) is 0 Å². The number of anilines is 3. The molecule has 3 aromatic heterocycles. The number of nitrogens with zero attached hydrogens (tertiary/aromatic N) is 5. The molecule has 11 nitrogen and oxygen atoms in total. The summed E-state index contributed by atoms with van der Waals surface area (Å²) < 4.78 is 5.01. The molecule has 2 N–H and O–H groups in total. The second kappa shape index (κ2) is 9.34. The summed E-state index contributed by atoms with van der Waals surface area (Å²) in [5, 5.41) is 12.0. The number of pyridine rings is 1. The Morgan fingerprint density at radius 2 is 1.84 bits per heavy atom. The third-order valence-corrected chi connectivity index (χ3v) is 4.39. The summed E-state index contributed by atoms with van der Waals surface area (Å²) in [6, 6.07) is 17.7. The van der Waals surface area contributed by atoms with Crippen LogP contribution in [-0.4, -0.2) is 25.8 Å². The Kier molecular flexibility index (Phi) is 5.98. The fraction of sp³-hybridized carbons (Fsp3) is 0.0476. The van der Waals surface area contributed by atoms with Crippen LogP contribution in [0.5, 0.6) is 0 Å². The molecule has 32 heavy (non-hydrogen) atoms. The first-order valence-corrected chi connectivity index (χ1v) is 9.45. The molecule has 4 rings (SSSR count). The molecule has 4 aromatic rings. The summed E-state index contributed by atoms with van der Waals surface area (Å²) in [6.45, 7) is 0.272. The van der Waals surface area contributed by atoms with Gasteiger partial charge in [-0.25, -0.2) is 15.0 Å². The molecule has 0 aliphatic heterocycles. The molecule has 0 spiro atoms. The highest BCUT2D eigenvalue weighted by Gasteiger charge is 2.29. The van der Waals surface area contributed by atoms with E-state index in [-0.39, 0.29) is 23.9 Å². The monoisotopic (exact) mass is 431 g/mol. The highest BCUT2D eigenvalue weighted by Crippen LogP contribution is 2.35. The molecule has 1 aromatic carbocycles. The van der Waals surface area contributed by atoms with Crippen LogP contribution in [0.15, 0.2) is 83.9 Å². The molecular weight excluding hydrogens is 414 g/mol. The van der Waals surface area contributed by atoms with Crippen molar-refractivity contribution in [1.82, 2.24) is 20.4 Å².